The van der Waals surface area contributed by atoms with E-state index in [2.05, 4.69) is 32.7 Å². The van der Waals surface area contributed by atoms with Crippen molar-refractivity contribution in [1.82, 2.24) is 24.5 Å². The molecule has 8 nitrogen and oxygen atoms in total. The molecule has 1 aromatic carbocycles. The van der Waals surface area contributed by atoms with Crippen LogP contribution in [0.15, 0.2) is 36.8 Å². The Bertz CT molecular complexity index is 1190. The van der Waals surface area contributed by atoms with E-state index in [1.807, 2.05) is 18.6 Å². The summed E-state index contributed by atoms with van der Waals surface area (Å²) < 4.78 is 13.7. The standard InChI is InChI=1S/C22H24N6O2/c1-2-11-30-18(6-1)28-14-24-19-21(27-9-12-29-13-10-27)25-20(26-22(19)28)16-4-3-5-17-15(16)7-8-23-17/h3-5,7-8,14,18,23H,1-2,6,9-13H2. The summed E-state index contributed by atoms with van der Waals surface area (Å²) in [5, 5.41) is 1.12. The number of rotatable bonds is 3. The zero-order valence-corrected chi connectivity index (χ0v) is 16.8. The Labute approximate surface area is 173 Å². The van der Waals surface area contributed by atoms with Crippen LogP contribution in [0.2, 0.25) is 0 Å². The topological polar surface area (TPSA) is 81.1 Å². The number of morpholine rings is 1. The Morgan fingerprint density at radius 2 is 1.97 bits per heavy atom. The van der Waals surface area contributed by atoms with E-state index in [1.54, 1.807) is 0 Å². The maximum absolute atomic E-state index is 6.04. The molecule has 1 unspecified atom stereocenters. The van der Waals surface area contributed by atoms with E-state index >= 15 is 0 Å². The minimum Gasteiger partial charge on any atom is -0.378 e. The molecule has 30 heavy (non-hydrogen) atoms. The Morgan fingerprint density at radius 1 is 1.03 bits per heavy atom. The molecule has 2 fully saturated rings. The molecule has 2 saturated heterocycles. The van der Waals surface area contributed by atoms with Crippen LogP contribution in [0.1, 0.15) is 25.5 Å². The molecule has 0 aliphatic carbocycles. The fraction of sp³-hybridized carbons (Fsp3) is 0.409. The number of hydrogen-bond acceptors (Lipinski definition) is 6. The number of nitrogens with zero attached hydrogens (tertiary/aromatic N) is 5. The second kappa shape index (κ2) is 7.37. The lowest BCUT2D eigenvalue weighted by molar-refractivity contribution is -0.0298. The normalized spacial score (nSPS) is 20.3. The van der Waals surface area contributed by atoms with Gasteiger partial charge in [-0.2, -0.15) is 0 Å². The summed E-state index contributed by atoms with van der Waals surface area (Å²) in [7, 11) is 0. The van der Waals surface area contributed by atoms with Crippen molar-refractivity contribution in [2.75, 3.05) is 37.8 Å². The fourth-order valence-corrected chi connectivity index (χ4v) is 4.45. The van der Waals surface area contributed by atoms with Crippen LogP contribution >= 0.6 is 0 Å². The highest BCUT2D eigenvalue weighted by molar-refractivity contribution is 5.95. The van der Waals surface area contributed by atoms with Gasteiger partial charge in [-0.25, -0.2) is 15.0 Å². The van der Waals surface area contributed by atoms with Crippen LogP contribution < -0.4 is 4.90 Å². The van der Waals surface area contributed by atoms with E-state index in [1.165, 1.54) is 0 Å². The molecule has 0 saturated carbocycles. The molecular weight excluding hydrogens is 380 g/mol. The molecule has 1 atom stereocenters. The Balaban J connectivity index is 1.56. The molecule has 0 radical (unpaired) electrons. The van der Waals surface area contributed by atoms with E-state index in [-0.39, 0.29) is 6.23 Å². The number of nitrogens with one attached hydrogen (secondary N) is 1. The highest BCUT2D eigenvalue weighted by Crippen LogP contribution is 2.33. The number of aromatic nitrogens is 5. The van der Waals surface area contributed by atoms with Crippen LogP contribution in [0.4, 0.5) is 5.82 Å². The average Bonchev–Trinajstić information content (AvgIpc) is 3.46. The molecule has 0 spiro atoms. The van der Waals surface area contributed by atoms with Gasteiger partial charge in [-0.3, -0.25) is 4.57 Å². The van der Waals surface area contributed by atoms with Gasteiger partial charge in [0, 0.05) is 42.4 Å². The molecule has 4 aromatic rings. The number of benzene rings is 1. The van der Waals surface area contributed by atoms with E-state index in [4.69, 9.17) is 24.4 Å². The molecule has 0 amide bonds. The van der Waals surface area contributed by atoms with Gasteiger partial charge in [-0.05, 0) is 31.4 Å². The SMILES string of the molecule is c1cc(-c2nc(N3CCOCC3)c3ncn(C4CCCCO4)c3n2)c2cc[nH]c2c1. The van der Waals surface area contributed by atoms with Gasteiger partial charge in [0.25, 0.3) is 0 Å². The lowest BCUT2D eigenvalue weighted by Crippen LogP contribution is -2.37. The Morgan fingerprint density at radius 3 is 2.83 bits per heavy atom. The van der Waals surface area contributed by atoms with Crippen molar-refractivity contribution >= 4 is 27.9 Å². The molecule has 3 aromatic heterocycles. The highest BCUT2D eigenvalue weighted by Gasteiger charge is 2.25. The van der Waals surface area contributed by atoms with Crippen LogP contribution in [0.3, 0.4) is 0 Å². The third kappa shape index (κ3) is 2.95. The van der Waals surface area contributed by atoms with Crippen LogP contribution in [0, 0.1) is 0 Å². The summed E-state index contributed by atoms with van der Waals surface area (Å²) in [4.78, 5) is 20.3. The van der Waals surface area contributed by atoms with Crippen molar-refractivity contribution in [3.05, 3.63) is 36.8 Å². The van der Waals surface area contributed by atoms with E-state index < -0.39 is 0 Å². The molecule has 154 valence electrons. The minimum atomic E-state index is -0.0212. The third-order valence-corrected chi connectivity index (χ3v) is 6.02. The first-order chi connectivity index (χ1) is 14.9. The number of anilines is 1. The second-order valence-corrected chi connectivity index (χ2v) is 7.86. The van der Waals surface area contributed by atoms with Gasteiger partial charge < -0.3 is 19.4 Å². The number of H-pyrrole nitrogens is 1. The zero-order chi connectivity index (χ0) is 19.9. The number of imidazole rings is 1. The molecule has 5 heterocycles. The number of fused-ring (bicyclic) bond motifs is 2. The molecule has 0 bridgehead atoms. The van der Waals surface area contributed by atoms with Gasteiger partial charge in [-0.1, -0.05) is 12.1 Å². The minimum absolute atomic E-state index is 0.0212. The highest BCUT2D eigenvalue weighted by atomic mass is 16.5. The Kier molecular flexibility index (Phi) is 4.39. The zero-order valence-electron chi connectivity index (χ0n) is 16.8. The molecule has 1 N–H and O–H groups in total. The van der Waals surface area contributed by atoms with E-state index in [9.17, 15) is 0 Å². The van der Waals surface area contributed by atoms with Crippen LogP contribution in [0.25, 0.3) is 33.5 Å². The van der Waals surface area contributed by atoms with Crippen molar-refractivity contribution < 1.29 is 9.47 Å². The van der Waals surface area contributed by atoms with Gasteiger partial charge in [0.15, 0.2) is 22.8 Å². The smallest absolute Gasteiger partial charge is 0.168 e. The molecule has 2 aliphatic heterocycles. The van der Waals surface area contributed by atoms with Crippen molar-refractivity contribution in [3.63, 3.8) is 0 Å². The van der Waals surface area contributed by atoms with Gasteiger partial charge in [0.2, 0.25) is 0 Å². The first-order valence-electron chi connectivity index (χ1n) is 10.6. The summed E-state index contributed by atoms with van der Waals surface area (Å²) in [6, 6.07) is 8.27. The van der Waals surface area contributed by atoms with Gasteiger partial charge >= 0.3 is 0 Å². The quantitative estimate of drug-likeness (QED) is 0.563. The average molecular weight is 404 g/mol. The van der Waals surface area contributed by atoms with Crippen molar-refractivity contribution in [1.29, 1.82) is 0 Å². The molecule has 6 rings (SSSR count). The predicted octanol–water partition coefficient (Wildman–Crippen LogP) is 3.51. The monoisotopic (exact) mass is 404 g/mol. The summed E-state index contributed by atoms with van der Waals surface area (Å²) in [5.74, 6) is 1.59. The molecule has 2 aliphatic rings. The van der Waals surface area contributed by atoms with Crippen molar-refractivity contribution in [3.8, 4) is 11.4 Å². The van der Waals surface area contributed by atoms with E-state index in [0.29, 0.717) is 19.0 Å². The summed E-state index contributed by atoms with van der Waals surface area (Å²) in [6.07, 6.45) is 7.03. The van der Waals surface area contributed by atoms with Crippen molar-refractivity contribution in [2.45, 2.75) is 25.5 Å². The number of aromatic amines is 1. The molecule has 8 heteroatoms. The van der Waals surface area contributed by atoms with Gasteiger partial charge in [-0.15, -0.1) is 0 Å². The first kappa shape index (κ1) is 17.9. The lowest BCUT2D eigenvalue weighted by Gasteiger charge is -2.28. The lowest BCUT2D eigenvalue weighted by atomic mass is 10.1. The Hall–Kier alpha value is -2.97. The van der Waals surface area contributed by atoms with E-state index in [0.717, 1.165) is 72.4 Å². The summed E-state index contributed by atoms with van der Waals surface area (Å²) >= 11 is 0. The predicted molar refractivity (Wildman–Crippen MR) is 114 cm³/mol. The number of hydrogen-bond donors (Lipinski definition) is 1. The van der Waals surface area contributed by atoms with Crippen LogP contribution in [-0.4, -0.2) is 57.4 Å². The fourth-order valence-electron chi connectivity index (χ4n) is 4.45. The van der Waals surface area contributed by atoms with Crippen LogP contribution in [-0.2, 0) is 9.47 Å². The maximum Gasteiger partial charge on any atom is 0.168 e. The van der Waals surface area contributed by atoms with Gasteiger partial charge in [0.05, 0.1) is 19.5 Å². The van der Waals surface area contributed by atoms with Gasteiger partial charge in [0.1, 0.15) is 6.23 Å². The van der Waals surface area contributed by atoms with Crippen molar-refractivity contribution in [2.24, 2.45) is 0 Å². The summed E-state index contributed by atoms with van der Waals surface area (Å²) in [6.45, 7) is 3.77. The first-order valence-corrected chi connectivity index (χ1v) is 10.6. The second-order valence-electron chi connectivity index (χ2n) is 7.86. The largest absolute Gasteiger partial charge is 0.378 e. The van der Waals surface area contributed by atoms with Crippen LogP contribution in [0.5, 0.6) is 0 Å². The summed E-state index contributed by atoms with van der Waals surface area (Å²) in [5.41, 5.74) is 3.76. The number of ether oxygens (including phenoxy) is 2. The molecular formula is C22H24N6O2. The third-order valence-electron chi connectivity index (χ3n) is 6.02. The maximum atomic E-state index is 6.04.